The quantitative estimate of drug-likeness (QED) is 0.766. The predicted molar refractivity (Wildman–Crippen MR) is 67.9 cm³/mol. The normalized spacial score (nSPS) is 27.3. The van der Waals surface area contributed by atoms with E-state index in [0.717, 1.165) is 32.0 Å². The van der Waals surface area contributed by atoms with Gasteiger partial charge in [0.05, 0.1) is 6.04 Å². The minimum absolute atomic E-state index is 0. The molecule has 2 rings (SSSR count). The highest BCUT2D eigenvalue weighted by Gasteiger charge is 2.27. The molecule has 0 spiro atoms. The van der Waals surface area contributed by atoms with Crippen LogP contribution in [0.1, 0.15) is 39.0 Å². The van der Waals surface area contributed by atoms with Crippen LogP contribution in [0, 0.1) is 5.92 Å². The molecular formula is C12H23ClN2O. The van der Waals surface area contributed by atoms with Crippen LogP contribution in [-0.2, 0) is 4.79 Å². The average Bonchev–Trinajstić information content (AvgIpc) is 2.30. The number of likely N-dealkylation sites (tertiary alicyclic amines) is 1. The maximum Gasteiger partial charge on any atom is 0.239 e. The molecule has 0 saturated carbocycles. The number of piperidine rings is 2. The van der Waals surface area contributed by atoms with Gasteiger partial charge in [-0.05, 0) is 38.1 Å². The molecule has 2 fully saturated rings. The molecule has 16 heavy (non-hydrogen) atoms. The van der Waals surface area contributed by atoms with E-state index in [4.69, 9.17) is 0 Å². The molecule has 2 aliphatic heterocycles. The monoisotopic (exact) mass is 246 g/mol. The van der Waals surface area contributed by atoms with Crippen LogP contribution in [0.25, 0.3) is 0 Å². The number of amides is 1. The zero-order chi connectivity index (χ0) is 10.7. The first-order chi connectivity index (χ1) is 7.27. The number of halogens is 1. The Labute approximate surface area is 104 Å². The van der Waals surface area contributed by atoms with Gasteiger partial charge in [-0.2, -0.15) is 0 Å². The van der Waals surface area contributed by atoms with E-state index in [1.54, 1.807) is 0 Å². The molecule has 1 atom stereocenters. The van der Waals surface area contributed by atoms with Gasteiger partial charge < -0.3 is 10.2 Å². The van der Waals surface area contributed by atoms with Crippen LogP contribution < -0.4 is 5.32 Å². The summed E-state index contributed by atoms with van der Waals surface area (Å²) < 4.78 is 0. The van der Waals surface area contributed by atoms with Crippen molar-refractivity contribution < 1.29 is 4.79 Å². The predicted octanol–water partition coefficient (Wildman–Crippen LogP) is 1.81. The summed E-state index contributed by atoms with van der Waals surface area (Å²) in [5.74, 6) is 1.15. The summed E-state index contributed by atoms with van der Waals surface area (Å²) in [7, 11) is 0. The maximum atomic E-state index is 12.1. The van der Waals surface area contributed by atoms with Crippen molar-refractivity contribution in [3.8, 4) is 0 Å². The fraction of sp³-hybridized carbons (Fsp3) is 0.917. The van der Waals surface area contributed by atoms with E-state index in [-0.39, 0.29) is 18.4 Å². The van der Waals surface area contributed by atoms with Crippen LogP contribution in [-0.4, -0.2) is 36.5 Å². The Morgan fingerprint density at radius 1 is 1.19 bits per heavy atom. The number of nitrogens with zero attached hydrogens (tertiary/aromatic N) is 1. The highest BCUT2D eigenvalue weighted by atomic mass is 35.5. The lowest BCUT2D eigenvalue weighted by molar-refractivity contribution is -0.135. The van der Waals surface area contributed by atoms with Gasteiger partial charge in [0.1, 0.15) is 0 Å². The topological polar surface area (TPSA) is 32.3 Å². The van der Waals surface area contributed by atoms with Crippen molar-refractivity contribution in [2.24, 2.45) is 5.92 Å². The molecular weight excluding hydrogens is 224 g/mol. The second kappa shape index (κ2) is 6.45. The Hall–Kier alpha value is -0.280. The molecule has 0 aromatic carbocycles. The minimum Gasteiger partial charge on any atom is -0.341 e. The van der Waals surface area contributed by atoms with Crippen LogP contribution in [0.2, 0.25) is 0 Å². The molecule has 0 radical (unpaired) electrons. The Balaban J connectivity index is 0.00000128. The number of hydrogen-bond acceptors (Lipinski definition) is 2. The number of carbonyl (C=O) groups is 1. The summed E-state index contributed by atoms with van der Waals surface area (Å²) >= 11 is 0. The van der Waals surface area contributed by atoms with Crippen LogP contribution >= 0.6 is 12.4 Å². The molecule has 0 bridgehead atoms. The number of hydrogen-bond donors (Lipinski definition) is 1. The summed E-state index contributed by atoms with van der Waals surface area (Å²) in [4.78, 5) is 14.2. The Morgan fingerprint density at radius 3 is 2.44 bits per heavy atom. The molecule has 94 valence electrons. The zero-order valence-electron chi connectivity index (χ0n) is 10.1. The van der Waals surface area contributed by atoms with Gasteiger partial charge in [-0.3, -0.25) is 4.79 Å². The van der Waals surface area contributed by atoms with Crippen molar-refractivity contribution in [3.05, 3.63) is 0 Å². The fourth-order valence-electron chi connectivity index (χ4n) is 2.51. The largest absolute Gasteiger partial charge is 0.341 e. The minimum atomic E-state index is 0. The number of rotatable bonds is 1. The Bertz CT molecular complexity index is 221. The molecule has 1 N–H and O–H groups in total. The van der Waals surface area contributed by atoms with Crippen LogP contribution in [0.4, 0.5) is 0 Å². The third-order valence-corrected chi connectivity index (χ3v) is 3.70. The van der Waals surface area contributed by atoms with Crippen molar-refractivity contribution in [1.29, 1.82) is 0 Å². The van der Waals surface area contributed by atoms with Gasteiger partial charge in [-0.25, -0.2) is 0 Å². The Morgan fingerprint density at radius 2 is 1.88 bits per heavy atom. The van der Waals surface area contributed by atoms with Gasteiger partial charge in [0.15, 0.2) is 0 Å². The molecule has 0 aromatic heterocycles. The molecule has 2 saturated heterocycles. The van der Waals surface area contributed by atoms with Crippen LogP contribution in [0.15, 0.2) is 0 Å². The van der Waals surface area contributed by atoms with Crippen molar-refractivity contribution in [1.82, 2.24) is 10.2 Å². The first kappa shape index (κ1) is 13.8. The van der Waals surface area contributed by atoms with Gasteiger partial charge in [-0.1, -0.05) is 13.3 Å². The summed E-state index contributed by atoms with van der Waals surface area (Å²) in [5, 5.41) is 3.34. The standard InChI is InChI=1S/C12H22N2O.ClH/c1-10-5-8-14(9-6-10)12(15)11-4-2-3-7-13-11;/h10-11,13H,2-9H2,1H3;1H/t11-;/m0./s1. The van der Waals surface area contributed by atoms with Crippen LogP contribution in [0.5, 0.6) is 0 Å². The summed E-state index contributed by atoms with van der Waals surface area (Å²) in [6.45, 7) is 5.23. The molecule has 0 unspecified atom stereocenters. The number of carbonyl (C=O) groups excluding carboxylic acids is 1. The highest BCUT2D eigenvalue weighted by molar-refractivity contribution is 5.85. The fourth-order valence-corrected chi connectivity index (χ4v) is 2.51. The molecule has 2 aliphatic rings. The van der Waals surface area contributed by atoms with Gasteiger partial charge in [0, 0.05) is 13.1 Å². The molecule has 0 aromatic rings. The molecule has 4 heteroatoms. The van der Waals surface area contributed by atoms with Gasteiger partial charge in [-0.15, -0.1) is 12.4 Å². The third kappa shape index (κ3) is 3.36. The van der Waals surface area contributed by atoms with E-state index >= 15 is 0 Å². The van der Waals surface area contributed by atoms with Crippen LogP contribution in [0.3, 0.4) is 0 Å². The summed E-state index contributed by atoms with van der Waals surface area (Å²) in [5.41, 5.74) is 0. The lowest BCUT2D eigenvalue weighted by atomic mass is 9.97. The molecule has 1 amide bonds. The lowest BCUT2D eigenvalue weighted by Crippen LogP contribution is -2.50. The van der Waals surface area contributed by atoms with Crippen molar-refractivity contribution >= 4 is 18.3 Å². The average molecular weight is 247 g/mol. The Kier molecular flexibility index (Phi) is 5.56. The SMILES string of the molecule is CC1CCN(C(=O)[C@@H]2CCCCN2)CC1.Cl. The molecule has 2 heterocycles. The molecule has 0 aliphatic carbocycles. The first-order valence-electron chi connectivity index (χ1n) is 6.29. The zero-order valence-corrected chi connectivity index (χ0v) is 10.9. The van der Waals surface area contributed by atoms with Gasteiger partial charge in [0.2, 0.25) is 5.91 Å². The summed E-state index contributed by atoms with van der Waals surface area (Å²) in [6.07, 6.45) is 5.82. The van der Waals surface area contributed by atoms with E-state index in [0.29, 0.717) is 5.91 Å². The second-order valence-corrected chi connectivity index (χ2v) is 5.01. The van der Waals surface area contributed by atoms with E-state index in [9.17, 15) is 4.79 Å². The first-order valence-corrected chi connectivity index (χ1v) is 6.29. The maximum absolute atomic E-state index is 12.1. The lowest BCUT2D eigenvalue weighted by Gasteiger charge is -2.34. The third-order valence-electron chi connectivity index (χ3n) is 3.70. The summed E-state index contributed by atoms with van der Waals surface area (Å²) in [6, 6.07) is 0.118. The van der Waals surface area contributed by atoms with Gasteiger partial charge >= 0.3 is 0 Å². The van der Waals surface area contributed by atoms with E-state index < -0.39 is 0 Å². The second-order valence-electron chi connectivity index (χ2n) is 5.01. The van der Waals surface area contributed by atoms with Crippen molar-refractivity contribution in [2.45, 2.75) is 45.1 Å². The number of nitrogens with one attached hydrogen (secondary N) is 1. The van der Waals surface area contributed by atoms with Crippen molar-refractivity contribution in [2.75, 3.05) is 19.6 Å². The van der Waals surface area contributed by atoms with E-state index in [2.05, 4.69) is 17.1 Å². The van der Waals surface area contributed by atoms with E-state index in [1.807, 2.05) is 0 Å². The van der Waals surface area contributed by atoms with Crippen molar-refractivity contribution in [3.63, 3.8) is 0 Å². The highest BCUT2D eigenvalue weighted by Crippen LogP contribution is 2.18. The van der Waals surface area contributed by atoms with E-state index in [1.165, 1.54) is 25.7 Å². The smallest absolute Gasteiger partial charge is 0.239 e. The molecule has 3 nitrogen and oxygen atoms in total. The van der Waals surface area contributed by atoms with Gasteiger partial charge in [0.25, 0.3) is 0 Å².